The molecular formula is C14H21NO3S. The van der Waals surface area contributed by atoms with E-state index in [0.717, 1.165) is 30.9 Å². The number of methoxy groups -OCH3 is 1. The molecule has 2 atom stereocenters. The van der Waals surface area contributed by atoms with E-state index in [1.807, 2.05) is 6.07 Å². The highest BCUT2D eigenvalue weighted by Gasteiger charge is 2.18. The first kappa shape index (κ1) is 14.5. The number of ether oxygens (including phenoxy) is 2. The lowest BCUT2D eigenvalue weighted by Gasteiger charge is -2.27. The highest BCUT2D eigenvalue weighted by Crippen LogP contribution is 2.19. The van der Waals surface area contributed by atoms with Gasteiger partial charge < -0.3 is 14.8 Å². The molecule has 0 amide bonds. The van der Waals surface area contributed by atoms with Gasteiger partial charge in [0.15, 0.2) is 0 Å². The Labute approximate surface area is 118 Å². The summed E-state index contributed by atoms with van der Waals surface area (Å²) in [6.07, 6.45) is 2.87. The molecule has 1 fully saturated rings. The van der Waals surface area contributed by atoms with Crippen LogP contribution in [0, 0.1) is 0 Å². The molecule has 0 spiro atoms. The van der Waals surface area contributed by atoms with Crippen LogP contribution in [0.1, 0.15) is 29.5 Å². The van der Waals surface area contributed by atoms with E-state index in [-0.39, 0.29) is 5.97 Å². The second-order valence-corrected chi connectivity index (χ2v) is 6.16. The van der Waals surface area contributed by atoms with Crippen molar-refractivity contribution in [3.63, 3.8) is 0 Å². The van der Waals surface area contributed by atoms with Crippen molar-refractivity contribution in [3.8, 4) is 0 Å². The average Bonchev–Trinajstić information content (AvgIpc) is 2.84. The Balaban J connectivity index is 1.78. The summed E-state index contributed by atoms with van der Waals surface area (Å²) in [7, 11) is 1.42. The normalized spacial score (nSPS) is 23.3. The zero-order valence-corrected chi connectivity index (χ0v) is 12.3. The predicted molar refractivity (Wildman–Crippen MR) is 75.3 cm³/mol. The molecule has 2 unspecified atom stereocenters. The molecule has 0 bridgehead atoms. The smallest absolute Gasteiger partial charge is 0.310 e. The average molecular weight is 283 g/mol. The minimum absolute atomic E-state index is 0.181. The van der Waals surface area contributed by atoms with Gasteiger partial charge in [-0.05, 0) is 31.9 Å². The van der Waals surface area contributed by atoms with Gasteiger partial charge in [-0.3, -0.25) is 4.79 Å². The monoisotopic (exact) mass is 283 g/mol. The molecular weight excluding hydrogens is 262 g/mol. The van der Waals surface area contributed by atoms with Crippen molar-refractivity contribution in [2.24, 2.45) is 0 Å². The molecule has 1 aliphatic rings. The van der Waals surface area contributed by atoms with E-state index in [2.05, 4.69) is 23.0 Å². The quantitative estimate of drug-likeness (QED) is 0.841. The fraction of sp³-hybridized carbons (Fsp3) is 0.643. The molecule has 0 aromatic carbocycles. The van der Waals surface area contributed by atoms with Crippen LogP contribution in [0.3, 0.4) is 0 Å². The maximum Gasteiger partial charge on any atom is 0.310 e. The molecule has 1 aromatic heterocycles. The number of hydrogen-bond acceptors (Lipinski definition) is 5. The Kier molecular flexibility index (Phi) is 5.36. The molecule has 4 nitrogen and oxygen atoms in total. The fourth-order valence-corrected chi connectivity index (χ4v) is 3.21. The Morgan fingerprint density at radius 2 is 2.32 bits per heavy atom. The van der Waals surface area contributed by atoms with Gasteiger partial charge in [0.25, 0.3) is 0 Å². The number of carbonyl (C=O) groups excluding carboxylic acids is 1. The maximum absolute atomic E-state index is 11.2. The van der Waals surface area contributed by atoms with Gasteiger partial charge >= 0.3 is 5.97 Å². The second-order valence-electron chi connectivity index (χ2n) is 4.90. The molecule has 19 heavy (non-hydrogen) atoms. The van der Waals surface area contributed by atoms with Crippen LogP contribution in [0.2, 0.25) is 0 Å². The summed E-state index contributed by atoms with van der Waals surface area (Å²) in [5, 5.41) is 3.56. The molecule has 1 aromatic rings. The summed E-state index contributed by atoms with van der Waals surface area (Å²) >= 11 is 1.67. The minimum Gasteiger partial charge on any atom is -0.469 e. The highest BCUT2D eigenvalue weighted by atomic mass is 32.1. The first-order chi connectivity index (χ1) is 9.17. The maximum atomic E-state index is 11.2. The number of carbonyl (C=O) groups is 1. The molecule has 2 rings (SSSR count). The van der Waals surface area contributed by atoms with Crippen LogP contribution in [0.4, 0.5) is 0 Å². The fourth-order valence-electron chi connectivity index (χ4n) is 2.26. The van der Waals surface area contributed by atoms with Gasteiger partial charge in [-0.1, -0.05) is 0 Å². The van der Waals surface area contributed by atoms with Crippen LogP contribution in [0.25, 0.3) is 0 Å². The Hall–Kier alpha value is -0.910. The van der Waals surface area contributed by atoms with Crippen LogP contribution in [0.15, 0.2) is 12.1 Å². The van der Waals surface area contributed by atoms with E-state index in [4.69, 9.17) is 4.74 Å². The summed E-state index contributed by atoms with van der Waals surface area (Å²) in [4.78, 5) is 13.5. The summed E-state index contributed by atoms with van der Waals surface area (Å²) in [5.41, 5.74) is 0. The Morgan fingerprint density at radius 1 is 1.53 bits per heavy atom. The van der Waals surface area contributed by atoms with Crippen LogP contribution >= 0.6 is 11.3 Å². The van der Waals surface area contributed by atoms with Crippen molar-refractivity contribution in [1.82, 2.24) is 5.32 Å². The van der Waals surface area contributed by atoms with Gasteiger partial charge in [0.05, 0.1) is 19.6 Å². The molecule has 106 valence electrons. The molecule has 2 heterocycles. The Morgan fingerprint density at radius 3 is 3.05 bits per heavy atom. The molecule has 1 N–H and O–H groups in total. The molecule has 0 saturated carbocycles. The highest BCUT2D eigenvalue weighted by molar-refractivity contribution is 7.12. The van der Waals surface area contributed by atoms with Gasteiger partial charge in [0.2, 0.25) is 0 Å². The number of rotatable bonds is 5. The van der Waals surface area contributed by atoms with Crippen LogP contribution in [0.5, 0.6) is 0 Å². The zero-order valence-electron chi connectivity index (χ0n) is 11.5. The van der Waals surface area contributed by atoms with Gasteiger partial charge in [-0.25, -0.2) is 0 Å². The van der Waals surface area contributed by atoms with Crippen LogP contribution in [-0.4, -0.2) is 31.8 Å². The Bertz CT molecular complexity index is 419. The molecule has 0 radical (unpaired) electrons. The lowest BCUT2D eigenvalue weighted by molar-refractivity contribution is -0.139. The SMILES string of the molecule is COC(=O)Cc1ccc(CNC2CCOC(C)C2)s1. The molecule has 5 heteroatoms. The first-order valence-corrected chi connectivity index (χ1v) is 7.48. The van der Waals surface area contributed by atoms with E-state index >= 15 is 0 Å². The molecule has 1 aliphatic heterocycles. The third kappa shape index (κ3) is 4.60. The van der Waals surface area contributed by atoms with Crippen molar-refractivity contribution in [3.05, 3.63) is 21.9 Å². The third-order valence-corrected chi connectivity index (χ3v) is 4.40. The minimum atomic E-state index is -0.181. The topological polar surface area (TPSA) is 47.6 Å². The predicted octanol–water partition coefficient (Wildman–Crippen LogP) is 2.12. The van der Waals surface area contributed by atoms with E-state index in [1.165, 1.54) is 12.0 Å². The van der Waals surface area contributed by atoms with Crippen molar-refractivity contribution in [2.75, 3.05) is 13.7 Å². The lowest BCUT2D eigenvalue weighted by atomic mass is 10.0. The van der Waals surface area contributed by atoms with Crippen LogP contribution < -0.4 is 5.32 Å². The molecule has 1 saturated heterocycles. The standard InChI is InChI=1S/C14H21NO3S/c1-10-7-11(5-6-18-10)15-9-13-4-3-12(19-13)8-14(16)17-2/h3-4,10-11,15H,5-9H2,1-2H3. The number of nitrogens with one attached hydrogen (secondary N) is 1. The van der Waals surface area contributed by atoms with Gasteiger partial charge in [-0.2, -0.15) is 0 Å². The summed E-state index contributed by atoms with van der Waals surface area (Å²) < 4.78 is 10.2. The van der Waals surface area contributed by atoms with Crippen molar-refractivity contribution >= 4 is 17.3 Å². The van der Waals surface area contributed by atoms with E-state index in [0.29, 0.717) is 18.6 Å². The van der Waals surface area contributed by atoms with Gasteiger partial charge in [0, 0.05) is 28.9 Å². The van der Waals surface area contributed by atoms with E-state index in [1.54, 1.807) is 11.3 Å². The summed E-state index contributed by atoms with van der Waals surface area (Å²) in [6.45, 7) is 3.83. The lowest BCUT2D eigenvalue weighted by Crippen LogP contribution is -2.37. The molecule has 0 aliphatic carbocycles. The van der Waals surface area contributed by atoms with Crippen molar-refractivity contribution in [2.45, 2.75) is 44.9 Å². The van der Waals surface area contributed by atoms with E-state index in [9.17, 15) is 4.79 Å². The van der Waals surface area contributed by atoms with Crippen molar-refractivity contribution in [1.29, 1.82) is 0 Å². The second kappa shape index (κ2) is 7.03. The number of esters is 1. The summed E-state index contributed by atoms with van der Waals surface area (Å²) in [5.74, 6) is -0.181. The zero-order chi connectivity index (χ0) is 13.7. The third-order valence-electron chi connectivity index (χ3n) is 3.31. The van der Waals surface area contributed by atoms with Gasteiger partial charge in [-0.15, -0.1) is 11.3 Å². The largest absolute Gasteiger partial charge is 0.469 e. The first-order valence-electron chi connectivity index (χ1n) is 6.66. The summed E-state index contributed by atoms with van der Waals surface area (Å²) in [6, 6.07) is 4.62. The van der Waals surface area contributed by atoms with Crippen molar-refractivity contribution < 1.29 is 14.3 Å². The van der Waals surface area contributed by atoms with Gasteiger partial charge in [0.1, 0.15) is 0 Å². The number of hydrogen-bond donors (Lipinski definition) is 1. The number of thiophene rings is 1. The van der Waals surface area contributed by atoms with E-state index < -0.39 is 0 Å². The van der Waals surface area contributed by atoms with Crippen LogP contribution in [-0.2, 0) is 27.2 Å².